The third-order valence-corrected chi connectivity index (χ3v) is 2.85. The van der Waals surface area contributed by atoms with E-state index in [2.05, 4.69) is 29.5 Å². The second-order valence-corrected chi connectivity index (χ2v) is 3.90. The molecule has 80 valence electrons. The molecule has 1 amide bonds. The van der Waals surface area contributed by atoms with Crippen molar-refractivity contribution < 1.29 is 4.79 Å². The van der Waals surface area contributed by atoms with Crippen molar-refractivity contribution in [2.45, 2.75) is 26.3 Å². The molecule has 0 fully saturated rings. The molecule has 2 rings (SSSR count). The Morgan fingerprint density at radius 1 is 1.60 bits per heavy atom. The number of nitrogens with one attached hydrogen (secondary N) is 2. The van der Waals surface area contributed by atoms with Crippen LogP contribution in [0, 0.1) is 5.92 Å². The summed E-state index contributed by atoms with van der Waals surface area (Å²) in [7, 11) is 0. The molecular formula is C11H15N3O. The lowest BCUT2D eigenvalue weighted by molar-refractivity contribution is -0.118. The third kappa shape index (κ3) is 1.79. The van der Waals surface area contributed by atoms with Crippen LogP contribution in [0.3, 0.4) is 0 Å². The molecule has 1 aliphatic heterocycles. The predicted molar refractivity (Wildman–Crippen MR) is 59.7 cm³/mol. The highest BCUT2D eigenvalue weighted by atomic mass is 16.2. The van der Waals surface area contributed by atoms with Crippen molar-refractivity contribution in [2.75, 3.05) is 10.6 Å². The van der Waals surface area contributed by atoms with Crippen LogP contribution in [0.25, 0.3) is 0 Å². The molecule has 2 heterocycles. The molecule has 2 atom stereocenters. The van der Waals surface area contributed by atoms with E-state index in [0.29, 0.717) is 5.92 Å². The number of anilines is 2. The van der Waals surface area contributed by atoms with Crippen molar-refractivity contribution >= 4 is 17.4 Å². The number of carbonyl (C=O) groups excluding carboxylic acids is 1. The number of hydrogen-bond donors (Lipinski definition) is 2. The van der Waals surface area contributed by atoms with E-state index in [0.717, 1.165) is 17.9 Å². The van der Waals surface area contributed by atoms with E-state index in [1.165, 1.54) is 0 Å². The van der Waals surface area contributed by atoms with Gasteiger partial charge in [-0.25, -0.2) is 4.98 Å². The number of rotatable bonds is 2. The Morgan fingerprint density at radius 3 is 3.13 bits per heavy atom. The standard InChI is InChI=1S/C11H15N3O/c1-3-7(2)9-11(15)13-8-5-4-6-12-10(8)14-9/h4-7,9H,3H2,1-2H3,(H,12,14)(H,13,15)/t7-,9?/m0/s1. The monoisotopic (exact) mass is 205 g/mol. The molecule has 1 aliphatic rings. The average Bonchev–Trinajstić information content (AvgIpc) is 2.27. The quantitative estimate of drug-likeness (QED) is 0.774. The molecule has 4 heteroatoms. The molecule has 0 saturated heterocycles. The third-order valence-electron chi connectivity index (χ3n) is 2.85. The fourth-order valence-corrected chi connectivity index (χ4v) is 1.68. The van der Waals surface area contributed by atoms with Gasteiger partial charge in [0.05, 0.1) is 5.69 Å². The molecule has 0 radical (unpaired) electrons. The van der Waals surface area contributed by atoms with Gasteiger partial charge in [0.2, 0.25) is 5.91 Å². The maximum absolute atomic E-state index is 11.8. The zero-order chi connectivity index (χ0) is 10.8. The van der Waals surface area contributed by atoms with Crippen molar-refractivity contribution in [3.63, 3.8) is 0 Å². The molecule has 0 aromatic carbocycles. The molecule has 1 aromatic heterocycles. The first-order valence-corrected chi connectivity index (χ1v) is 5.24. The van der Waals surface area contributed by atoms with E-state index in [4.69, 9.17) is 0 Å². The lowest BCUT2D eigenvalue weighted by Crippen LogP contribution is -2.43. The van der Waals surface area contributed by atoms with Gasteiger partial charge in [-0.1, -0.05) is 20.3 Å². The van der Waals surface area contributed by atoms with Gasteiger partial charge in [-0.15, -0.1) is 0 Å². The van der Waals surface area contributed by atoms with Gasteiger partial charge in [-0.2, -0.15) is 0 Å². The number of fused-ring (bicyclic) bond motifs is 1. The Hall–Kier alpha value is -1.58. The number of carbonyl (C=O) groups is 1. The number of nitrogens with zero attached hydrogens (tertiary/aromatic N) is 1. The first-order chi connectivity index (χ1) is 7.22. The molecule has 0 aliphatic carbocycles. The predicted octanol–water partition coefficient (Wildman–Crippen LogP) is 1.86. The largest absolute Gasteiger partial charge is 0.356 e. The smallest absolute Gasteiger partial charge is 0.247 e. The van der Waals surface area contributed by atoms with Gasteiger partial charge in [-0.3, -0.25) is 4.79 Å². The minimum Gasteiger partial charge on any atom is -0.356 e. The Morgan fingerprint density at radius 2 is 2.40 bits per heavy atom. The van der Waals surface area contributed by atoms with Crippen molar-refractivity contribution in [1.29, 1.82) is 0 Å². The van der Waals surface area contributed by atoms with Crippen molar-refractivity contribution in [2.24, 2.45) is 5.92 Å². The van der Waals surface area contributed by atoms with Gasteiger partial charge in [0.25, 0.3) is 0 Å². The second kappa shape index (κ2) is 3.88. The summed E-state index contributed by atoms with van der Waals surface area (Å²) in [5.74, 6) is 1.10. The van der Waals surface area contributed by atoms with Gasteiger partial charge in [0.15, 0.2) is 0 Å². The Kier molecular flexibility index (Phi) is 2.58. The van der Waals surface area contributed by atoms with Crippen LogP contribution >= 0.6 is 0 Å². The van der Waals surface area contributed by atoms with E-state index in [1.807, 2.05) is 12.1 Å². The van der Waals surface area contributed by atoms with Crippen LogP contribution in [0.1, 0.15) is 20.3 Å². The maximum atomic E-state index is 11.8. The van der Waals surface area contributed by atoms with Crippen molar-refractivity contribution in [3.05, 3.63) is 18.3 Å². The SMILES string of the molecule is CC[C@H](C)C1Nc2ncccc2NC1=O. The number of amides is 1. The van der Waals surface area contributed by atoms with E-state index in [1.54, 1.807) is 6.20 Å². The molecule has 0 bridgehead atoms. The topological polar surface area (TPSA) is 54.0 Å². The van der Waals surface area contributed by atoms with Gasteiger partial charge in [0.1, 0.15) is 11.9 Å². The molecule has 15 heavy (non-hydrogen) atoms. The molecule has 4 nitrogen and oxygen atoms in total. The van der Waals surface area contributed by atoms with E-state index in [-0.39, 0.29) is 11.9 Å². The maximum Gasteiger partial charge on any atom is 0.247 e. The molecule has 2 N–H and O–H groups in total. The fourth-order valence-electron chi connectivity index (χ4n) is 1.68. The van der Waals surface area contributed by atoms with E-state index >= 15 is 0 Å². The summed E-state index contributed by atoms with van der Waals surface area (Å²) in [6.45, 7) is 4.14. The number of aromatic nitrogens is 1. The lowest BCUT2D eigenvalue weighted by atomic mass is 9.97. The van der Waals surface area contributed by atoms with Gasteiger partial charge in [-0.05, 0) is 18.1 Å². The number of hydrogen-bond acceptors (Lipinski definition) is 3. The summed E-state index contributed by atoms with van der Waals surface area (Å²) in [6, 6.07) is 3.49. The molecular weight excluding hydrogens is 190 g/mol. The second-order valence-electron chi connectivity index (χ2n) is 3.90. The molecule has 1 unspecified atom stereocenters. The van der Waals surface area contributed by atoms with Crippen LogP contribution in [0.5, 0.6) is 0 Å². The van der Waals surface area contributed by atoms with Gasteiger partial charge >= 0.3 is 0 Å². The summed E-state index contributed by atoms with van der Waals surface area (Å²) >= 11 is 0. The summed E-state index contributed by atoms with van der Waals surface area (Å²) in [5, 5.41) is 6.04. The van der Waals surface area contributed by atoms with Crippen LogP contribution in [0.4, 0.5) is 11.5 Å². The highest BCUT2D eigenvalue weighted by molar-refractivity contribution is 6.02. The zero-order valence-corrected chi connectivity index (χ0v) is 8.95. The highest BCUT2D eigenvalue weighted by Gasteiger charge is 2.29. The van der Waals surface area contributed by atoms with Crippen LogP contribution in [-0.4, -0.2) is 16.9 Å². The lowest BCUT2D eigenvalue weighted by Gasteiger charge is -2.29. The number of pyridine rings is 1. The minimum atomic E-state index is -0.169. The summed E-state index contributed by atoms with van der Waals surface area (Å²) in [6.07, 6.45) is 2.68. The van der Waals surface area contributed by atoms with Crippen LogP contribution in [-0.2, 0) is 4.79 Å². The van der Waals surface area contributed by atoms with Crippen LogP contribution in [0.2, 0.25) is 0 Å². The average molecular weight is 205 g/mol. The van der Waals surface area contributed by atoms with Gasteiger partial charge in [0, 0.05) is 6.20 Å². The molecule has 1 aromatic rings. The van der Waals surface area contributed by atoms with E-state index in [9.17, 15) is 4.79 Å². The normalized spacial score (nSPS) is 21.2. The Labute approximate surface area is 89.1 Å². The van der Waals surface area contributed by atoms with Crippen molar-refractivity contribution in [1.82, 2.24) is 4.98 Å². The summed E-state index contributed by atoms with van der Waals surface area (Å²) in [4.78, 5) is 16.0. The Balaban J connectivity index is 2.26. The zero-order valence-electron chi connectivity index (χ0n) is 8.95. The summed E-state index contributed by atoms with van der Waals surface area (Å²) in [5.41, 5.74) is 0.766. The highest BCUT2D eigenvalue weighted by Crippen LogP contribution is 2.26. The summed E-state index contributed by atoms with van der Waals surface area (Å²) < 4.78 is 0. The first kappa shape index (κ1) is 9.96. The minimum absolute atomic E-state index is 0.0323. The fraction of sp³-hybridized carbons (Fsp3) is 0.455. The van der Waals surface area contributed by atoms with Crippen molar-refractivity contribution in [3.8, 4) is 0 Å². The molecule has 0 spiro atoms. The van der Waals surface area contributed by atoms with E-state index < -0.39 is 0 Å². The molecule has 0 saturated carbocycles. The first-order valence-electron chi connectivity index (χ1n) is 5.24. The Bertz CT molecular complexity index is 378. The van der Waals surface area contributed by atoms with Gasteiger partial charge < -0.3 is 10.6 Å². The van der Waals surface area contributed by atoms with Crippen LogP contribution < -0.4 is 10.6 Å². The van der Waals surface area contributed by atoms with Crippen LogP contribution in [0.15, 0.2) is 18.3 Å².